The SMILES string of the molecule is C[NH+](CCC(N)=O)Cc1ccccc1. The van der Waals surface area contributed by atoms with E-state index in [9.17, 15) is 4.79 Å². The summed E-state index contributed by atoms with van der Waals surface area (Å²) in [7, 11) is 2.07. The van der Waals surface area contributed by atoms with Gasteiger partial charge in [-0.15, -0.1) is 0 Å². The van der Waals surface area contributed by atoms with Gasteiger partial charge in [0.05, 0.1) is 20.0 Å². The van der Waals surface area contributed by atoms with Crippen molar-refractivity contribution in [3.63, 3.8) is 0 Å². The van der Waals surface area contributed by atoms with Crippen LogP contribution in [0.3, 0.4) is 0 Å². The fourth-order valence-corrected chi connectivity index (χ4v) is 1.37. The summed E-state index contributed by atoms with van der Waals surface area (Å²) in [6, 6.07) is 10.2. The van der Waals surface area contributed by atoms with E-state index < -0.39 is 0 Å². The summed E-state index contributed by atoms with van der Waals surface area (Å²) in [5.41, 5.74) is 6.37. The lowest BCUT2D eigenvalue weighted by atomic mass is 10.2. The highest BCUT2D eigenvalue weighted by atomic mass is 16.1. The molecule has 3 N–H and O–H groups in total. The third-order valence-electron chi connectivity index (χ3n) is 2.15. The molecule has 1 aromatic rings. The molecule has 0 fully saturated rings. The molecule has 0 aromatic heterocycles. The summed E-state index contributed by atoms with van der Waals surface area (Å²) in [5, 5.41) is 0. The van der Waals surface area contributed by atoms with E-state index in [-0.39, 0.29) is 5.91 Å². The summed E-state index contributed by atoms with van der Waals surface area (Å²) in [5.74, 6) is -0.225. The molecule has 14 heavy (non-hydrogen) atoms. The summed E-state index contributed by atoms with van der Waals surface area (Å²) in [6.45, 7) is 1.73. The average molecular weight is 193 g/mol. The van der Waals surface area contributed by atoms with Gasteiger partial charge in [0.15, 0.2) is 0 Å². The van der Waals surface area contributed by atoms with Gasteiger partial charge < -0.3 is 10.6 Å². The number of quaternary nitrogens is 1. The Labute approximate surface area is 84.5 Å². The Bertz CT molecular complexity index is 285. The summed E-state index contributed by atoms with van der Waals surface area (Å²) >= 11 is 0. The molecule has 0 aliphatic carbocycles. The van der Waals surface area contributed by atoms with Gasteiger partial charge in [-0.05, 0) is 0 Å². The zero-order valence-corrected chi connectivity index (χ0v) is 8.49. The molecule has 1 unspecified atom stereocenters. The third kappa shape index (κ3) is 4.05. The summed E-state index contributed by atoms with van der Waals surface area (Å²) in [4.78, 5) is 11.9. The minimum atomic E-state index is -0.225. The Morgan fingerprint density at radius 1 is 1.36 bits per heavy atom. The van der Waals surface area contributed by atoms with E-state index >= 15 is 0 Å². The third-order valence-corrected chi connectivity index (χ3v) is 2.15. The molecule has 76 valence electrons. The predicted octanol–water partition coefficient (Wildman–Crippen LogP) is -0.423. The van der Waals surface area contributed by atoms with Gasteiger partial charge in [0.1, 0.15) is 6.54 Å². The number of carbonyl (C=O) groups excluding carboxylic acids is 1. The van der Waals surface area contributed by atoms with Crippen molar-refractivity contribution in [2.45, 2.75) is 13.0 Å². The molecule has 1 rings (SSSR count). The van der Waals surface area contributed by atoms with Crippen molar-refractivity contribution in [3.8, 4) is 0 Å². The predicted molar refractivity (Wildman–Crippen MR) is 55.7 cm³/mol. The molecule has 0 aliphatic rings. The van der Waals surface area contributed by atoms with Crippen molar-refractivity contribution in [1.29, 1.82) is 0 Å². The van der Waals surface area contributed by atoms with Gasteiger partial charge in [0.2, 0.25) is 5.91 Å². The van der Waals surface area contributed by atoms with Crippen LogP contribution >= 0.6 is 0 Å². The van der Waals surface area contributed by atoms with Gasteiger partial charge in [-0.1, -0.05) is 30.3 Å². The topological polar surface area (TPSA) is 47.5 Å². The molecule has 3 nitrogen and oxygen atoms in total. The van der Waals surface area contributed by atoms with Gasteiger partial charge in [0.25, 0.3) is 0 Å². The van der Waals surface area contributed by atoms with Gasteiger partial charge in [-0.2, -0.15) is 0 Å². The lowest BCUT2D eigenvalue weighted by Gasteiger charge is -2.12. The van der Waals surface area contributed by atoms with Crippen molar-refractivity contribution in [2.24, 2.45) is 5.73 Å². The molecular weight excluding hydrogens is 176 g/mol. The molecule has 3 heteroatoms. The number of carbonyl (C=O) groups is 1. The molecule has 0 aliphatic heterocycles. The lowest BCUT2D eigenvalue weighted by Crippen LogP contribution is -3.07. The minimum Gasteiger partial charge on any atom is -0.369 e. The van der Waals surface area contributed by atoms with Crippen LogP contribution in [0.25, 0.3) is 0 Å². The maximum Gasteiger partial charge on any atom is 0.223 e. The van der Waals surface area contributed by atoms with E-state index in [1.54, 1.807) is 0 Å². The van der Waals surface area contributed by atoms with Crippen LogP contribution in [-0.4, -0.2) is 19.5 Å². The minimum absolute atomic E-state index is 0.225. The summed E-state index contributed by atoms with van der Waals surface area (Å²) < 4.78 is 0. The Kier molecular flexibility index (Phi) is 4.13. The maximum absolute atomic E-state index is 10.6. The van der Waals surface area contributed by atoms with Gasteiger partial charge in [-0.3, -0.25) is 4.79 Å². The Hall–Kier alpha value is -1.35. The van der Waals surface area contributed by atoms with Crippen LogP contribution < -0.4 is 10.6 Å². The first kappa shape index (κ1) is 10.7. The van der Waals surface area contributed by atoms with E-state index in [1.165, 1.54) is 10.5 Å². The smallest absolute Gasteiger partial charge is 0.223 e. The van der Waals surface area contributed by atoms with Crippen molar-refractivity contribution >= 4 is 5.91 Å². The maximum atomic E-state index is 10.6. The zero-order chi connectivity index (χ0) is 10.4. The highest BCUT2D eigenvalue weighted by Gasteiger charge is 2.04. The summed E-state index contributed by atoms with van der Waals surface area (Å²) in [6.07, 6.45) is 0.457. The second-order valence-corrected chi connectivity index (χ2v) is 3.59. The van der Waals surface area contributed by atoms with Gasteiger partial charge in [0, 0.05) is 5.56 Å². The lowest BCUT2D eigenvalue weighted by molar-refractivity contribution is -0.893. The normalized spacial score (nSPS) is 12.4. The number of hydrogen-bond acceptors (Lipinski definition) is 1. The first-order chi connectivity index (χ1) is 6.68. The second kappa shape index (κ2) is 5.40. The number of hydrogen-bond donors (Lipinski definition) is 2. The molecule has 0 saturated heterocycles. The van der Waals surface area contributed by atoms with E-state index in [0.29, 0.717) is 6.42 Å². The number of amides is 1. The standard InChI is InChI=1S/C11H16N2O/c1-13(8-7-11(12)14)9-10-5-3-2-4-6-10/h2-6H,7-9H2,1H3,(H2,12,14)/p+1. The van der Waals surface area contributed by atoms with Crippen LogP contribution in [0.5, 0.6) is 0 Å². The molecule has 0 spiro atoms. The van der Waals surface area contributed by atoms with E-state index in [0.717, 1.165) is 13.1 Å². The van der Waals surface area contributed by atoms with Crippen molar-refractivity contribution in [1.82, 2.24) is 0 Å². The number of nitrogens with two attached hydrogens (primary N) is 1. The number of rotatable bonds is 5. The fraction of sp³-hybridized carbons (Fsp3) is 0.364. The first-order valence-corrected chi connectivity index (χ1v) is 4.82. The monoisotopic (exact) mass is 193 g/mol. The van der Waals surface area contributed by atoms with Crippen molar-refractivity contribution < 1.29 is 9.69 Å². The largest absolute Gasteiger partial charge is 0.369 e. The van der Waals surface area contributed by atoms with Crippen molar-refractivity contribution in [2.75, 3.05) is 13.6 Å². The molecular formula is C11H17N2O+. The Morgan fingerprint density at radius 2 is 2.00 bits per heavy atom. The van der Waals surface area contributed by atoms with E-state index in [1.807, 2.05) is 18.2 Å². The van der Waals surface area contributed by atoms with Gasteiger partial charge in [-0.25, -0.2) is 0 Å². The highest BCUT2D eigenvalue weighted by Crippen LogP contribution is 1.94. The Morgan fingerprint density at radius 3 is 2.57 bits per heavy atom. The molecule has 0 radical (unpaired) electrons. The fourth-order valence-electron chi connectivity index (χ4n) is 1.37. The molecule has 0 bridgehead atoms. The zero-order valence-electron chi connectivity index (χ0n) is 8.49. The van der Waals surface area contributed by atoms with Crippen LogP contribution in [0.4, 0.5) is 0 Å². The van der Waals surface area contributed by atoms with Crippen LogP contribution in [0.2, 0.25) is 0 Å². The quantitative estimate of drug-likeness (QED) is 0.655. The molecule has 0 saturated carbocycles. The van der Waals surface area contributed by atoms with Crippen LogP contribution in [-0.2, 0) is 11.3 Å². The number of primary amides is 1. The van der Waals surface area contributed by atoms with Crippen LogP contribution in [0.15, 0.2) is 30.3 Å². The number of nitrogens with one attached hydrogen (secondary N) is 1. The van der Waals surface area contributed by atoms with Gasteiger partial charge >= 0.3 is 0 Å². The van der Waals surface area contributed by atoms with Crippen LogP contribution in [0.1, 0.15) is 12.0 Å². The van der Waals surface area contributed by atoms with E-state index in [2.05, 4.69) is 19.2 Å². The molecule has 0 heterocycles. The number of benzene rings is 1. The van der Waals surface area contributed by atoms with E-state index in [4.69, 9.17) is 5.73 Å². The first-order valence-electron chi connectivity index (χ1n) is 4.82. The highest BCUT2D eigenvalue weighted by molar-refractivity contribution is 5.73. The van der Waals surface area contributed by atoms with Crippen LogP contribution in [0, 0.1) is 0 Å². The Balaban J connectivity index is 2.34. The second-order valence-electron chi connectivity index (χ2n) is 3.59. The molecule has 1 aromatic carbocycles. The van der Waals surface area contributed by atoms with Crippen molar-refractivity contribution in [3.05, 3.63) is 35.9 Å². The average Bonchev–Trinajstić information content (AvgIpc) is 2.16. The molecule has 1 atom stereocenters. The molecule has 1 amide bonds.